The first-order chi connectivity index (χ1) is 9.76. The zero-order chi connectivity index (χ0) is 15.6. The van der Waals surface area contributed by atoms with Gasteiger partial charge in [0.25, 0.3) is 0 Å². The van der Waals surface area contributed by atoms with Crippen molar-refractivity contribution in [3.8, 4) is 5.75 Å². The third-order valence-electron chi connectivity index (χ3n) is 3.11. The van der Waals surface area contributed by atoms with Crippen molar-refractivity contribution in [2.75, 3.05) is 0 Å². The van der Waals surface area contributed by atoms with Crippen LogP contribution in [0.4, 0.5) is 13.2 Å². The number of hydrogen-bond acceptors (Lipinski definition) is 1. The highest BCUT2D eigenvalue weighted by molar-refractivity contribution is 9.09. The molecule has 0 spiro atoms. The lowest BCUT2D eigenvalue weighted by atomic mass is 9.98. The fourth-order valence-corrected chi connectivity index (χ4v) is 2.85. The maximum Gasteiger partial charge on any atom is 0.573 e. The smallest absolute Gasteiger partial charge is 0.406 e. The van der Waals surface area contributed by atoms with Gasteiger partial charge < -0.3 is 4.74 Å². The first kappa shape index (κ1) is 15.9. The Hall–Kier alpha value is -1.49. The van der Waals surface area contributed by atoms with Crippen LogP contribution in [0.5, 0.6) is 5.75 Å². The molecule has 0 aliphatic carbocycles. The zero-order valence-electron chi connectivity index (χ0n) is 11.5. The van der Waals surface area contributed by atoms with Crippen LogP contribution >= 0.6 is 15.9 Å². The second kappa shape index (κ2) is 6.10. The van der Waals surface area contributed by atoms with E-state index in [0.717, 1.165) is 22.3 Å². The summed E-state index contributed by atoms with van der Waals surface area (Å²) < 4.78 is 40.3. The molecule has 0 aromatic heterocycles. The number of halogens is 4. The van der Waals surface area contributed by atoms with Crippen LogP contribution < -0.4 is 4.74 Å². The fourth-order valence-electron chi connectivity index (χ4n) is 2.05. The average Bonchev–Trinajstić information content (AvgIpc) is 2.40. The minimum absolute atomic E-state index is 0.0719. The summed E-state index contributed by atoms with van der Waals surface area (Å²) in [5.41, 5.74) is 4.23. The number of rotatable bonds is 3. The van der Waals surface area contributed by atoms with Gasteiger partial charge in [0.1, 0.15) is 5.75 Å². The third kappa shape index (κ3) is 4.24. The van der Waals surface area contributed by atoms with Gasteiger partial charge in [0, 0.05) is 0 Å². The van der Waals surface area contributed by atoms with Crippen LogP contribution in [0.1, 0.15) is 27.1 Å². The molecule has 21 heavy (non-hydrogen) atoms. The van der Waals surface area contributed by atoms with Crippen molar-refractivity contribution in [1.29, 1.82) is 0 Å². The third-order valence-corrected chi connectivity index (χ3v) is 4.14. The number of benzene rings is 2. The highest BCUT2D eigenvalue weighted by atomic mass is 79.9. The Bertz CT molecular complexity index is 620. The maximum atomic E-state index is 12.1. The molecule has 2 aromatic carbocycles. The van der Waals surface area contributed by atoms with E-state index in [9.17, 15) is 13.2 Å². The largest absolute Gasteiger partial charge is 0.573 e. The summed E-state index contributed by atoms with van der Waals surface area (Å²) in [5.74, 6) is -0.216. The van der Waals surface area contributed by atoms with Crippen LogP contribution in [-0.2, 0) is 0 Å². The molecule has 1 nitrogen and oxygen atoms in total. The van der Waals surface area contributed by atoms with Gasteiger partial charge in [0.05, 0.1) is 4.83 Å². The van der Waals surface area contributed by atoms with Crippen molar-refractivity contribution >= 4 is 15.9 Å². The molecule has 0 bridgehead atoms. The summed E-state index contributed by atoms with van der Waals surface area (Å²) in [5, 5.41) is 0. The molecule has 1 unspecified atom stereocenters. The van der Waals surface area contributed by atoms with Gasteiger partial charge >= 0.3 is 6.36 Å². The molecule has 2 rings (SSSR count). The molecule has 0 heterocycles. The van der Waals surface area contributed by atoms with E-state index in [-0.39, 0.29) is 10.6 Å². The van der Waals surface area contributed by atoms with Gasteiger partial charge in [-0.05, 0) is 42.7 Å². The van der Waals surface area contributed by atoms with E-state index in [1.54, 1.807) is 12.1 Å². The van der Waals surface area contributed by atoms with Gasteiger partial charge in [-0.1, -0.05) is 51.8 Å². The predicted molar refractivity (Wildman–Crippen MR) is 79.8 cm³/mol. The molecular weight excluding hydrogens is 345 g/mol. The van der Waals surface area contributed by atoms with E-state index in [1.165, 1.54) is 12.1 Å². The Balaban J connectivity index is 2.24. The second-order valence-electron chi connectivity index (χ2n) is 4.84. The SMILES string of the molecule is Cc1ccc(C)c(C(Br)c2ccc(OC(F)(F)F)cc2)c1. The zero-order valence-corrected chi connectivity index (χ0v) is 13.1. The quantitative estimate of drug-likeness (QED) is 0.640. The molecule has 0 N–H and O–H groups in total. The van der Waals surface area contributed by atoms with Crippen LogP contribution in [-0.4, -0.2) is 6.36 Å². The number of aryl methyl sites for hydroxylation is 2. The maximum absolute atomic E-state index is 12.1. The Kier molecular flexibility index (Phi) is 4.61. The molecule has 0 amide bonds. The number of ether oxygens (including phenoxy) is 1. The lowest BCUT2D eigenvalue weighted by molar-refractivity contribution is -0.274. The molecule has 5 heteroatoms. The Morgan fingerprint density at radius 1 is 1.00 bits per heavy atom. The monoisotopic (exact) mass is 358 g/mol. The van der Waals surface area contributed by atoms with E-state index in [4.69, 9.17) is 0 Å². The van der Waals surface area contributed by atoms with Crippen molar-refractivity contribution in [1.82, 2.24) is 0 Å². The number of hydrogen-bond donors (Lipinski definition) is 0. The summed E-state index contributed by atoms with van der Waals surface area (Å²) in [6, 6.07) is 12.0. The Labute approximate surface area is 129 Å². The average molecular weight is 359 g/mol. The minimum atomic E-state index is -4.66. The van der Waals surface area contributed by atoms with Crippen molar-refractivity contribution in [3.63, 3.8) is 0 Å². The summed E-state index contributed by atoms with van der Waals surface area (Å²) in [7, 11) is 0. The van der Waals surface area contributed by atoms with Crippen LogP contribution in [0.3, 0.4) is 0 Å². The van der Waals surface area contributed by atoms with E-state index >= 15 is 0 Å². The van der Waals surface area contributed by atoms with E-state index in [2.05, 4.69) is 26.7 Å². The van der Waals surface area contributed by atoms with Crippen LogP contribution in [0.15, 0.2) is 42.5 Å². The van der Waals surface area contributed by atoms with E-state index in [0.29, 0.717) is 0 Å². The summed E-state index contributed by atoms with van der Waals surface area (Å²) in [6.07, 6.45) is -4.66. The normalized spacial score (nSPS) is 13.0. The molecule has 0 saturated heterocycles. The standard InChI is InChI=1S/C16H14BrF3O/c1-10-3-4-11(2)14(9-10)15(17)12-5-7-13(8-6-12)21-16(18,19)20/h3-9,15H,1-2H3. The molecule has 112 valence electrons. The lowest BCUT2D eigenvalue weighted by Gasteiger charge is -2.15. The molecule has 2 aromatic rings. The highest BCUT2D eigenvalue weighted by Gasteiger charge is 2.31. The van der Waals surface area contributed by atoms with Gasteiger partial charge in [-0.25, -0.2) is 0 Å². The summed E-state index contributed by atoms with van der Waals surface area (Å²) in [4.78, 5) is -0.0719. The molecule has 0 aliphatic heterocycles. The number of alkyl halides is 4. The van der Waals surface area contributed by atoms with Crippen LogP contribution in [0, 0.1) is 13.8 Å². The minimum Gasteiger partial charge on any atom is -0.406 e. The van der Waals surface area contributed by atoms with E-state index in [1.807, 2.05) is 26.0 Å². The Morgan fingerprint density at radius 3 is 2.19 bits per heavy atom. The summed E-state index contributed by atoms with van der Waals surface area (Å²) in [6.45, 7) is 4.01. The first-order valence-corrected chi connectivity index (χ1v) is 7.25. The van der Waals surface area contributed by atoms with Crippen molar-refractivity contribution in [2.24, 2.45) is 0 Å². The van der Waals surface area contributed by atoms with Gasteiger partial charge in [0.2, 0.25) is 0 Å². The fraction of sp³-hybridized carbons (Fsp3) is 0.250. The molecule has 0 radical (unpaired) electrons. The Morgan fingerprint density at radius 2 is 1.62 bits per heavy atom. The van der Waals surface area contributed by atoms with Crippen LogP contribution in [0.2, 0.25) is 0 Å². The van der Waals surface area contributed by atoms with Gasteiger partial charge in [0.15, 0.2) is 0 Å². The van der Waals surface area contributed by atoms with E-state index < -0.39 is 6.36 Å². The highest BCUT2D eigenvalue weighted by Crippen LogP contribution is 2.34. The van der Waals surface area contributed by atoms with Crippen molar-refractivity contribution in [2.45, 2.75) is 25.0 Å². The van der Waals surface area contributed by atoms with Gasteiger partial charge in [-0.3, -0.25) is 0 Å². The first-order valence-electron chi connectivity index (χ1n) is 6.33. The molecular formula is C16H14BrF3O. The summed E-state index contributed by atoms with van der Waals surface area (Å²) >= 11 is 3.60. The second-order valence-corrected chi connectivity index (χ2v) is 5.76. The molecule has 1 atom stereocenters. The van der Waals surface area contributed by atoms with Crippen molar-refractivity contribution < 1.29 is 17.9 Å². The lowest BCUT2D eigenvalue weighted by Crippen LogP contribution is -2.17. The van der Waals surface area contributed by atoms with Gasteiger partial charge in [-0.2, -0.15) is 0 Å². The molecule has 0 aliphatic rings. The molecule has 0 saturated carbocycles. The predicted octanol–water partition coefficient (Wildman–Crippen LogP) is 5.69. The topological polar surface area (TPSA) is 9.23 Å². The van der Waals surface area contributed by atoms with Crippen molar-refractivity contribution in [3.05, 3.63) is 64.7 Å². The molecule has 0 fully saturated rings. The van der Waals surface area contributed by atoms with Crippen LogP contribution in [0.25, 0.3) is 0 Å². The van der Waals surface area contributed by atoms with Gasteiger partial charge in [-0.15, -0.1) is 13.2 Å².